The predicted molar refractivity (Wildman–Crippen MR) is 118 cm³/mol. The Morgan fingerprint density at radius 1 is 1.12 bits per heavy atom. The van der Waals surface area contributed by atoms with Gasteiger partial charge in [-0.1, -0.05) is 12.1 Å². The minimum absolute atomic E-state index is 0.120. The molecule has 0 saturated heterocycles. The number of hydrogen-bond acceptors (Lipinski definition) is 5. The Hall–Kier alpha value is -3.65. The molecule has 2 heterocycles. The van der Waals surface area contributed by atoms with Crippen LogP contribution in [0.2, 0.25) is 0 Å². The number of nitrogens with one attached hydrogen (secondary N) is 1. The number of fused-ring (bicyclic) bond motifs is 1. The van der Waals surface area contributed by atoms with Gasteiger partial charge in [-0.05, 0) is 61.9 Å². The van der Waals surface area contributed by atoms with E-state index in [0.29, 0.717) is 37.2 Å². The molecule has 1 amide bonds. The summed E-state index contributed by atoms with van der Waals surface area (Å²) in [5.41, 5.74) is 1.74. The quantitative estimate of drug-likeness (QED) is 0.352. The summed E-state index contributed by atoms with van der Waals surface area (Å²) in [6.45, 7) is 4.03. The van der Waals surface area contributed by atoms with Crippen molar-refractivity contribution in [2.75, 3.05) is 18.5 Å². The summed E-state index contributed by atoms with van der Waals surface area (Å²) in [6, 6.07) is 16.7. The van der Waals surface area contributed by atoms with Gasteiger partial charge >= 0.3 is 0 Å². The highest BCUT2D eigenvalue weighted by Crippen LogP contribution is 2.21. The second-order valence-corrected chi connectivity index (χ2v) is 7.09. The van der Waals surface area contributed by atoms with Gasteiger partial charge in [-0.15, -0.1) is 0 Å². The van der Waals surface area contributed by atoms with Crippen molar-refractivity contribution in [3.63, 3.8) is 0 Å². The Bertz CT molecular complexity index is 1180. The molecular weight excluding hydrogens is 413 g/mol. The van der Waals surface area contributed by atoms with Crippen LogP contribution in [0.15, 0.2) is 65.1 Å². The van der Waals surface area contributed by atoms with Crippen molar-refractivity contribution in [1.29, 1.82) is 0 Å². The molecule has 166 valence electrons. The molecule has 2 aromatic carbocycles. The van der Waals surface area contributed by atoms with E-state index in [-0.39, 0.29) is 18.2 Å². The van der Waals surface area contributed by atoms with E-state index < -0.39 is 5.91 Å². The normalized spacial score (nSPS) is 11.1. The van der Waals surface area contributed by atoms with Crippen LogP contribution < -0.4 is 10.1 Å². The van der Waals surface area contributed by atoms with Crippen LogP contribution in [-0.4, -0.2) is 28.7 Å². The van der Waals surface area contributed by atoms with Gasteiger partial charge in [-0.25, -0.2) is 9.37 Å². The molecule has 0 aliphatic carbocycles. The van der Waals surface area contributed by atoms with E-state index in [1.807, 2.05) is 35.8 Å². The maximum absolute atomic E-state index is 13.0. The number of hydrogen-bond donors (Lipinski definition) is 1. The lowest BCUT2D eigenvalue weighted by Gasteiger charge is -2.09. The number of anilines is 1. The number of carbonyl (C=O) groups is 1. The van der Waals surface area contributed by atoms with Crippen LogP contribution in [0.5, 0.6) is 5.75 Å². The van der Waals surface area contributed by atoms with Crippen LogP contribution in [-0.2, 0) is 17.9 Å². The van der Waals surface area contributed by atoms with E-state index in [4.69, 9.17) is 13.9 Å². The van der Waals surface area contributed by atoms with Gasteiger partial charge < -0.3 is 18.5 Å². The van der Waals surface area contributed by atoms with Crippen molar-refractivity contribution in [2.24, 2.45) is 0 Å². The lowest BCUT2D eigenvalue weighted by Crippen LogP contribution is -2.16. The molecule has 0 bridgehead atoms. The molecule has 8 heteroatoms. The van der Waals surface area contributed by atoms with Crippen LogP contribution in [0, 0.1) is 5.82 Å². The van der Waals surface area contributed by atoms with E-state index in [1.54, 1.807) is 12.1 Å². The molecule has 4 aromatic rings. The number of furan rings is 1. The zero-order valence-electron chi connectivity index (χ0n) is 17.7. The monoisotopic (exact) mass is 437 g/mol. The highest BCUT2D eigenvalue weighted by atomic mass is 19.1. The summed E-state index contributed by atoms with van der Waals surface area (Å²) in [6.07, 6.45) is 0.794. The molecule has 0 spiro atoms. The molecular formula is C24H24FN3O4. The molecule has 0 aliphatic rings. The number of imidazole rings is 1. The smallest absolute Gasteiger partial charge is 0.293 e. The second kappa shape index (κ2) is 10.1. The molecule has 0 atom stereocenters. The SMILES string of the molecule is CCOCCCn1c(NC(=O)c2ccc(COc3ccc(F)cc3)o2)nc2ccccc21. The number of ether oxygens (including phenoxy) is 2. The summed E-state index contributed by atoms with van der Waals surface area (Å²) in [4.78, 5) is 17.3. The summed E-state index contributed by atoms with van der Waals surface area (Å²) in [7, 11) is 0. The van der Waals surface area contributed by atoms with Crippen molar-refractivity contribution in [3.05, 3.63) is 78.0 Å². The topological polar surface area (TPSA) is 78.5 Å². The number of nitrogens with zero attached hydrogens (tertiary/aromatic N) is 2. The Balaban J connectivity index is 1.43. The Labute approximate surface area is 184 Å². The lowest BCUT2D eigenvalue weighted by molar-refractivity contribution is 0.0991. The number of carbonyl (C=O) groups excluding carboxylic acids is 1. The Morgan fingerprint density at radius 2 is 1.94 bits per heavy atom. The highest BCUT2D eigenvalue weighted by molar-refractivity contribution is 6.02. The Morgan fingerprint density at radius 3 is 2.75 bits per heavy atom. The highest BCUT2D eigenvalue weighted by Gasteiger charge is 2.17. The molecule has 0 saturated carbocycles. The minimum Gasteiger partial charge on any atom is -0.486 e. The summed E-state index contributed by atoms with van der Waals surface area (Å²) >= 11 is 0. The van der Waals surface area contributed by atoms with Gasteiger partial charge in [-0.2, -0.15) is 0 Å². The molecule has 32 heavy (non-hydrogen) atoms. The average molecular weight is 437 g/mol. The largest absolute Gasteiger partial charge is 0.486 e. The zero-order chi connectivity index (χ0) is 22.3. The fourth-order valence-corrected chi connectivity index (χ4v) is 3.29. The number of benzene rings is 2. The predicted octanol–water partition coefficient (Wildman–Crippen LogP) is 5.03. The number of amides is 1. The molecule has 4 rings (SSSR count). The van der Waals surface area contributed by atoms with E-state index >= 15 is 0 Å². The molecule has 0 aliphatic heterocycles. The van der Waals surface area contributed by atoms with Crippen LogP contribution in [0.1, 0.15) is 29.7 Å². The van der Waals surface area contributed by atoms with Gasteiger partial charge in [0, 0.05) is 19.8 Å². The van der Waals surface area contributed by atoms with Crippen molar-refractivity contribution >= 4 is 22.9 Å². The van der Waals surface area contributed by atoms with Gasteiger partial charge in [0.05, 0.1) is 11.0 Å². The van der Waals surface area contributed by atoms with Crippen molar-refractivity contribution < 1.29 is 23.1 Å². The van der Waals surface area contributed by atoms with Crippen LogP contribution >= 0.6 is 0 Å². The van der Waals surface area contributed by atoms with E-state index in [0.717, 1.165) is 17.5 Å². The van der Waals surface area contributed by atoms with Gasteiger partial charge in [-0.3, -0.25) is 10.1 Å². The summed E-state index contributed by atoms with van der Waals surface area (Å²) in [5, 5.41) is 2.85. The number of aryl methyl sites for hydroxylation is 1. The van der Waals surface area contributed by atoms with Gasteiger partial charge in [0.1, 0.15) is 23.9 Å². The van der Waals surface area contributed by atoms with Gasteiger partial charge in [0.2, 0.25) is 5.95 Å². The van der Waals surface area contributed by atoms with E-state index in [2.05, 4.69) is 10.3 Å². The van der Waals surface area contributed by atoms with Crippen molar-refractivity contribution in [1.82, 2.24) is 9.55 Å². The molecule has 0 radical (unpaired) electrons. The average Bonchev–Trinajstić information content (AvgIpc) is 3.41. The first-order valence-corrected chi connectivity index (χ1v) is 10.5. The van der Waals surface area contributed by atoms with Crippen molar-refractivity contribution in [3.8, 4) is 5.75 Å². The fourth-order valence-electron chi connectivity index (χ4n) is 3.29. The number of halogens is 1. The van der Waals surface area contributed by atoms with Crippen LogP contribution in [0.25, 0.3) is 11.0 Å². The summed E-state index contributed by atoms with van der Waals surface area (Å²) in [5.74, 6) is 0.848. The lowest BCUT2D eigenvalue weighted by atomic mass is 10.3. The van der Waals surface area contributed by atoms with Gasteiger partial charge in [0.15, 0.2) is 5.76 Å². The van der Waals surface area contributed by atoms with Crippen LogP contribution in [0.4, 0.5) is 10.3 Å². The van der Waals surface area contributed by atoms with Crippen LogP contribution in [0.3, 0.4) is 0 Å². The third-order valence-electron chi connectivity index (χ3n) is 4.83. The molecule has 2 aromatic heterocycles. The number of aromatic nitrogens is 2. The number of para-hydroxylation sites is 2. The van der Waals surface area contributed by atoms with Gasteiger partial charge in [0.25, 0.3) is 5.91 Å². The molecule has 0 unspecified atom stereocenters. The van der Waals surface area contributed by atoms with Crippen molar-refractivity contribution in [2.45, 2.75) is 26.5 Å². The second-order valence-electron chi connectivity index (χ2n) is 7.09. The summed E-state index contributed by atoms with van der Waals surface area (Å²) < 4.78 is 31.6. The zero-order valence-corrected chi connectivity index (χ0v) is 17.7. The Kier molecular flexibility index (Phi) is 6.81. The maximum atomic E-state index is 13.0. The third-order valence-corrected chi connectivity index (χ3v) is 4.83. The first kappa shape index (κ1) is 21.6. The maximum Gasteiger partial charge on any atom is 0.293 e. The first-order valence-electron chi connectivity index (χ1n) is 10.5. The minimum atomic E-state index is -0.403. The van der Waals surface area contributed by atoms with E-state index in [1.165, 1.54) is 24.3 Å². The molecule has 7 nitrogen and oxygen atoms in total. The first-order chi connectivity index (χ1) is 15.6. The van der Waals surface area contributed by atoms with E-state index in [9.17, 15) is 9.18 Å². The number of rotatable bonds is 10. The standard InChI is InChI=1S/C24H24FN3O4/c1-2-30-15-5-14-28-21-7-4-3-6-20(21)26-24(28)27-23(29)22-13-12-19(32-22)16-31-18-10-8-17(25)9-11-18/h3-4,6-13H,2,5,14-16H2,1H3,(H,26,27,29). The third kappa shape index (κ3) is 5.15. The molecule has 0 fully saturated rings. The fraction of sp³-hybridized carbons (Fsp3) is 0.250. The molecule has 1 N–H and O–H groups in total.